The van der Waals surface area contributed by atoms with Crippen LogP contribution in [0.1, 0.15) is 57.4 Å². The molecule has 1 saturated heterocycles. The first-order valence-corrected chi connectivity index (χ1v) is 12.7. The number of anilines is 2. The summed E-state index contributed by atoms with van der Waals surface area (Å²) < 4.78 is 11.0. The van der Waals surface area contributed by atoms with Gasteiger partial charge in [0.05, 0.1) is 25.3 Å². The Balaban J connectivity index is 1.50. The molecule has 0 saturated carbocycles. The van der Waals surface area contributed by atoms with Crippen molar-refractivity contribution in [3.8, 4) is 17.6 Å². The lowest BCUT2D eigenvalue weighted by Crippen LogP contribution is -2.43. The van der Waals surface area contributed by atoms with Crippen LogP contribution in [0, 0.1) is 11.3 Å². The van der Waals surface area contributed by atoms with Gasteiger partial charge >= 0.3 is 0 Å². The Morgan fingerprint density at radius 2 is 1.92 bits per heavy atom. The molecule has 1 fully saturated rings. The summed E-state index contributed by atoms with van der Waals surface area (Å²) >= 11 is 0. The van der Waals surface area contributed by atoms with E-state index in [1.807, 2.05) is 18.2 Å². The summed E-state index contributed by atoms with van der Waals surface area (Å²) in [4.78, 5) is 27.9. The molecule has 0 spiro atoms. The predicted molar refractivity (Wildman–Crippen MR) is 140 cm³/mol. The van der Waals surface area contributed by atoms with Gasteiger partial charge in [0.15, 0.2) is 11.5 Å². The van der Waals surface area contributed by atoms with E-state index in [1.54, 1.807) is 18.2 Å². The van der Waals surface area contributed by atoms with Crippen LogP contribution in [0.25, 0.3) is 0 Å². The molecule has 0 aromatic heterocycles. The molecule has 1 unspecified atom stereocenters. The number of methoxy groups -OCH3 is 1. The van der Waals surface area contributed by atoms with Crippen LogP contribution >= 0.6 is 0 Å². The maximum absolute atomic E-state index is 13.0. The molecular formula is C28H36N4O4. The molecule has 0 radical (unpaired) electrons. The summed E-state index contributed by atoms with van der Waals surface area (Å²) in [5, 5.41) is 14.9. The Bertz CT molecular complexity index is 1060. The third-order valence-electron chi connectivity index (χ3n) is 6.18. The number of ether oxygens (including phenoxy) is 2. The zero-order chi connectivity index (χ0) is 25.8. The molecule has 3 rings (SSSR count). The van der Waals surface area contributed by atoms with Gasteiger partial charge in [-0.3, -0.25) is 9.59 Å². The quantitative estimate of drug-likeness (QED) is 0.395. The molecule has 192 valence electrons. The topological polar surface area (TPSA) is 104 Å². The van der Waals surface area contributed by atoms with E-state index in [9.17, 15) is 9.59 Å². The van der Waals surface area contributed by atoms with Crippen molar-refractivity contribution >= 4 is 23.2 Å². The van der Waals surface area contributed by atoms with Crippen LogP contribution in [0.5, 0.6) is 11.5 Å². The molecule has 8 nitrogen and oxygen atoms in total. The minimum Gasteiger partial charge on any atom is -0.493 e. The van der Waals surface area contributed by atoms with Crippen molar-refractivity contribution in [3.05, 3.63) is 48.0 Å². The zero-order valence-corrected chi connectivity index (χ0v) is 21.2. The molecule has 8 heteroatoms. The fraction of sp³-hybridized carbons (Fsp3) is 0.464. The van der Waals surface area contributed by atoms with Gasteiger partial charge in [0, 0.05) is 37.0 Å². The van der Waals surface area contributed by atoms with Gasteiger partial charge in [-0.1, -0.05) is 25.8 Å². The highest BCUT2D eigenvalue weighted by Gasteiger charge is 2.21. The van der Waals surface area contributed by atoms with E-state index in [2.05, 4.69) is 34.6 Å². The Hall–Kier alpha value is -3.73. The molecule has 36 heavy (non-hydrogen) atoms. The summed E-state index contributed by atoms with van der Waals surface area (Å²) in [6, 6.07) is 14.3. The number of benzene rings is 2. The third-order valence-corrected chi connectivity index (χ3v) is 6.18. The van der Waals surface area contributed by atoms with Crippen LogP contribution in [0.15, 0.2) is 42.5 Å². The summed E-state index contributed by atoms with van der Waals surface area (Å²) in [7, 11) is 1.51. The molecule has 2 aromatic rings. The van der Waals surface area contributed by atoms with Crippen LogP contribution in [0.2, 0.25) is 0 Å². The molecule has 0 bridgehead atoms. The van der Waals surface area contributed by atoms with Crippen molar-refractivity contribution in [2.24, 2.45) is 0 Å². The monoisotopic (exact) mass is 492 g/mol. The maximum atomic E-state index is 13.0. The van der Waals surface area contributed by atoms with E-state index < -0.39 is 6.04 Å². The first kappa shape index (κ1) is 26.9. The Morgan fingerprint density at radius 1 is 1.11 bits per heavy atom. The van der Waals surface area contributed by atoms with E-state index in [1.165, 1.54) is 20.0 Å². The van der Waals surface area contributed by atoms with Gasteiger partial charge in [-0.15, -0.1) is 0 Å². The summed E-state index contributed by atoms with van der Waals surface area (Å²) in [5.74, 6) is 0.610. The molecular weight excluding hydrogens is 456 g/mol. The van der Waals surface area contributed by atoms with Gasteiger partial charge in [0.25, 0.3) is 0 Å². The lowest BCUT2D eigenvalue weighted by Gasteiger charge is -2.21. The molecule has 1 heterocycles. The number of nitriles is 1. The normalized spacial score (nSPS) is 13.5. The van der Waals surface area contributed by atoms with Crippen molar-refractivity contribution in [1.82, 2.24) is 5.32 Å². The summed E-state index contributed by atoms with van der Waals surface area (Å²) in [6.07, 6.45) is 5.45. The highest BCUT2D eigenvalue weighted by molar-refractivity contribution is 5.97. The van der Waals surface area contributed by atoms with Crippen molar-refractivity contribution in [1.29, 1.82) is 5.26 Å². The molecule has 1 aliphatic heterocycles. The van der Waals surface area contributed by atoms with E-state index in [-0.39, 0.29) is 18.2 Å². The number of rotatable bonds is 13. The molecule has 0 aliphatic carbocycles. The minimum atomic E-state index is -0.590. The van der Waals surface area contributed by atoms with Crippen LogP contribution in [0.3, 0.4) is 0 Å². The van der Waals surface area contributed by atoms with Crippen molar-refractivity contribution < 1.29 is 19.1 Å². The zero-order valence-electron chi connectivity index (χ0n) is 21.2. The van der Waals surface area contributed by atoms with E-state index in [4.69, 9.17) is 14.7 Å². The van der Waals surface area contributed by atoms with Crippen molar-refractivity contribution in [3.63, 3.8) is 0 Å². The second kappa shape index (κ2) is 14.0. The molecule has 1 aliphatic rings. The molecule has 1 atom stereocenters. The van der Waals surface area contributed by atoms with E-state index in [0.717, 1.165) is 37.3 Å². The Kier molecular flexibility index (Phi) is 10.4. The van der Waals surface area contributed by atoms with E-state index in [0.29, 0.717) is 36.5 Å². The summed E-state index contributed by atoms with van der Waals surface area (Å²) in [5.41, 5.74) is 2.33. The highest BCUT2D eigenvalue weighted by atomic mass is 16.5. The second-order valence-electron chi connectivity index (χ2n) is 8.93. The SMILES string of the molecule is CCCCC(NC(=O)CCCOc1ccc(C#N)cc1OC)C(=O)Nc1cccc(N2CCCC2)c1. The lowest BCUT2D eigenvalue weighted by atomic mass is 10.1. The Morgan fingerprint density at radius 3 is 2.64 bits per heavy atom. The number of hydrogen-bond donors (Lipinski definition) is 2. The minimum absolute atomic E-state index is 0.188. The van der Waals surface area contributed by atoms with Crippen molar-refractivity contribution in [2.45, 2.75) is 57.9 Å². The first-order chi connectivity index (χ1) is 17.5. The van der Waals surface area contributed by atoms with Gasteiger partial charge in [0.1, 0.15) is 6.04 Å². The number of nitrogens with one attached hydrogen (secondary N) is 2. The van der Waals surface area contributed by atoms with Crippen LogP contribution in [-0.2, 0) is 9.59 Å². The standard InChI is InChI=1S/C28H36N4O4/c1-3-4-11-24(28(34)30-22-9-7-10-23(19-22)32-15-5-6-16-32)31-27(33)12-8-17-36-25-14-13-21(20-29)18-26(25)35-2/h7,9-10,13-14,18-19,24H,3-6,8,11-12,15-17H2,1-2H3,(H,30,34)(H,31,33). The second-order valence-corrected chi connectivity index (χ2v) is 8.93. The molecule has 2 N–H and O–H groups in total. The molecule has 2 aromatic carbocycles. The first-order valence-electron chi connectivity index (χ1n) is 12.7. The summed E-state index contributed by atoms with van der Waals surface area (Å²) in [6.45, 7) is 4.44. The van der Waals surface area contributed by atoms with E-state index >= 15 is 0 Å². The Labute approximate surface area is 213 Å². The number of unbranched alkanes of at least 4 members (excludes halogenated alkanes) is 1. The number of nitrogens with zero attached hydrogens (tertiary/aromatic N) is 2. The predicted octanol–water partition coefficient (Wildman–Crippen LogP) is 4.64. The average molecular weight is 493 g/mol. The number of carbonyl (C=O) groups excluding carboxylic acids is 2. The largest absolute Gasteiger partial charge is 0.493 e. The van der Waals surface area contributed by atoms with Gasteiger partial charge in [-0.05, 0) is 56.0 Å². The fourth-order valence-electron chi connectivity index (χ4n) is 4.20. The van der Waals surface area contributed by atoms with Crippen LogP contribution in [0.4, 0.5) is 11.4 Å². The van der Waals surface area contributed by atoms with Gasteiger partial charge < -0.3 is 25.0 Å². The van der Waals surface area contributed by atoms with Crippen LogP contribution < -0.4 is 25.0 Å². The maximum Gasteiger partial charge on any atom is 0.246 e. The van der Waals surface area contributed by atoms with Gasteiger partial charge in [-0.2, -0.15) is 5.26 Å². The number of hydrogen-bond acceptors (Lipinski definition) is 6. The third kappa shape index (κ3) is 7.91. The lowest BCUT2D eigenvalue weighted by molar-refractivity contribution is -0.126. The average Bonchev–Trinajstić information content (AvgIpc) is 3.44. The molecule has 2 amide bonds. The smallest absolute Gasteiger partial charge is 0.246 e. The number of amides is 2. The van der Waals surface area contributed by atoms with Crippen molar-refractivity contribution in [2.75, 3.05) is 37.0 Å². The van der Waals surface area contributed by atoms with Crippen LogP contribution in [-0.4, -0.2) is 44.7 Å². The highest BCUT2D eigenvalue weighted by Crippen LogP contribution is 2.28. The van der Waals surface area contributed by atoms with Gasteiger partial charge in [-0.25, -0.2) is 0 Å². The number of carbonyl (C=O) groups is 2. The fourth-order valence-corrected chi connectivity index (χ4v) is 4.20. The van der Waals surface area contributed by atoms with Gasteiger partial charge in [0.2, 0.25) is 11.8 Å².